The number of rotatable bonds is 5. The van der Waals surface area contributed by atoms with Crippen LogP contribution in [0.25, 0.3) is 0 Å². The Bertz CT molecular complexity index is 566. The van der Waals surface area contributed by atoms with E-state index in [-0.39, 0.29) is 0 Å². The van der Waals surface area contributed by atoms with Gasteiger partial charge in [0.05, 0.1) is 0 Å². The lowest BCUT2D eigenvalue weighted by Crippen LogP contribution is -2.30. The van der Waals surface area contributed by atoms with E-state index in [0.29, 0.717) is 11.1 Å². The zero-order valence-electron chi connectivity index (χ0n) is 11.2. The average Bonchev–Trinajstić information content (AvgIpc) is 2.44. The first-order valence-corrected chi connectivity index (χ1v) is 7.57. The standard InChI is InChI=1S/C16H16Cl3N/c1-20-15(8-11-2-4-13(17)5-3-11)10-12-9-14(18)6-7-16(12)19/h2-7,9,15,20H,8,10H2,1H3. The molecule has 0 aliphatic carbocycles. The predicted molar refractivity (Wildman–Crippen MR) is 88.2 cm³/mol. The fraction of sp³-hybridized carbons (Fsp3) is 0.250. The van der Waals surface area contributed by atoms with Crippen LogP contribution in [0.5, 0.6) is 0 Å². The summed E-state index contributed by atoms with van der Waals surface area (Å²) in [6.07, 6.45) is 1.75. The molecule has 0 radical (unpaired) electrons. The summed E-state index contributed by atoms with van der Waals surface area (Å²) in [5.74, 6) is 0. The molecule has 0 spiro atoms. The fourth-order valence-corrected chi connectivity index (χ4v) is 2.66. The van der Waals surface area contributed by atoms with E-state index in [9.17, 15) is 0 Å². The van der Waals surface area contributed by atoms with Gasteiger partial charge in [0, 0.05) is 21.1 Å². The van der Waals surface area contributed by atoms with Gasteiger partial charge in [-0.2, -0.15) is 0 Å². The summed E-state index contributed by atoms with van der Waals surface area (Å²) >= 11 is 18.1. The molecule has 20 heavy (non-hydrogen) atoms. The van der Waals surface area contributed by atoms with Crippen molar-refractivity contribution in [1.29, 1.82) is 0 Å². The van der Waals surface area contributed by atoms with Crippen LogP contribution in [0.3, 0.4) is 0 Å². The quantitative estimate of drug-likeness (QED) is 0.812. The first-order chi connectivity index (χ1) is 9.58. The SMILES string of the molecule is CNC(Cc1ccc(Cl)cc1)Cc1cc(Cl)ccc1Cl. The summed E-state index contributed by atoms with van der Waals surface area (Å²) in [5, 5.41) is 5.55. The molecule has 4 heteroatoms. The van der Waals surface area contributed by atoms with Crippen LogP contribution in [0.15, 0.2) is 42.5 Å². The van der Waals surface area contributed by atoms with Crippen LogP contribution in [-0.4, -0.2) is 13.1 Å². The Morgan fingerprint density at radius 1 is 0.900 bits per heavy atom. The van der Waals surface area contributed by atoms with E-state index in [1.165, 1.54) is 5.56 Å². The molecule has 1 atom stereocenters. The Balaban J connectivity index is 2.08. The van der Waals surface area contributed by atoms with Gasteiger partial charge in [-0.3, -0.25) is 0 Å². The first-order valence-electron chi connectivity index (χ1n) is 6.44. The lowest BCUT2D eigenvalue weighted by atomic mass is 9.99. The van der Waals surface area contributed by atoms with Crippen molar-refractivity contribution in [2.75, 3.05) is 7.05 Å². The van der Waals surface area contributed by atoms with E-state index in [2.05, 4.69) is 5.32 Å². The zero-order chi connectivity index (χ0) is 14.5. The molecule has 0 amide bonds. The monoisotopic (exact) mass is 327 g/mol. The van der Waals surface area contributed by atoms with E-state index in [0.717, 1.165) is 28.5 Å². The summed E-state index contributed by atoms with van der Waals surface area (Å²) in [6.45, 7) is 0. The van der Waals surface area contributed by atoms with Gasteiger partial charge < -0.3 is 5.32 Å². The van der Waals surface area contributed by atoms with Crippen LogP contribution in [0.4, 0.5) is 0 Å². The van der Waals surface area contributed by atoms with Gasteiger partial charge in [-0.25, -0.2) is 0 Å². The zero-order valence-corrected chi connectivity index (χ0v) is 13.4. The molecule has 1 N–H and O–H groups in total. The lowest BCUT2D eigenvalue weighted by molar-refractivity contribution is 0.556. The summed E-state index contributed by atoms with van der Waals surface area (Å²) in [7, 11) is 1.96. The Kier molecular flexibility index (Phi) is 5.74. The molecular weight excluding hydrogens is 313 g/mol. The normalized spacial score (nSPS) is 12.4. The smallest absolute Gasteiger partial charge is 0.0439 e. The van der Waals surface area contributed by atoms with Crippen molar-refractivity contribution in [3.05, 3.63) is 68.7 Å². The topological polar surface area (TPSA) is 12.0 Å². The van der Waals surface area contributed by atoms with Gasteiger partial charge in [-0.05, 0) is 61.3 Å². The molecule has 1 unspecified atom stereocenters. The fourth-order valence-electron chi connectivity index (χ4n) is 2.15. The van der Waals surface area contributed by atoms with E-state index >= 15 is 0 Å². The molecule has 0 fully saturated rings. The van der Waals surface area contributed by atoms with Gasteiger partial charge >= 0.3 is 0 Å². The third kappa shape index (κ3) is 4.39. The van der Waals surface area contributed by atoms with Crippen molar-refractivity contribution in [2.45, 2.75) is 18.9 Å². The second kappa shape index (κ2) is 7.33. The first kappa shape index (κ1) is 15.7. The second-order valence-electron chi connectivity index (χ2n) is 4.76. The van der Waals surface area contributed by atoms with Crippen LogP contribution in [0, 0.1) is 0 Å². The Morgan fingerprint density at radius 2 is 1.55 bits per heavy atom. The van der Waals surface area contributed by atoms with Gasteiger partial charge in [-0.15, -0.1) is 0 Å². The maximum absolute atomic E-state index is 6.22. The maximum atomic E-state index is 6.22. The Morgan fingerprint density at radius 3 is 2.20 bits per heavy atom. The average molecular weight is 329 g/mol. The molecule has 0 aromatic heterocycles. The van der Waals surface area contributed by atoms with Crippen molar-refractivity contribution in [3.63, 3.8) is 0 Å². The highest BCUT2D eigenvalue weighted by Gasteiger charge is 2.11. The highest BCUT2D eigenvalue weighted by molar-refractivity contribution is 6.33. The summed E-state index contributed by atoms with van der Waals surface area (Å²) < 4.78 is 0. The van der Waals surface area contributed by atoms with E-state index in [1.54, 1.807) is 6.07 Å². The molecule has 1 nitrogen and oxygen atoms in total. The maximum Gasteiger partial charge on any atom is 0.0439 e. The number of benzene rings is 2. The molecule has 0 aliphatic heterocycles. The molecular formula is C16H16Cl3N. The summed E-state index contributed by atoms with van der Waals surface area (Å²) in [4.78, 5) is 0. The molecule has 0 saturated heterocycles. The van der Waals surface area contributed by atoms with Crippen molar-refractivity contribution in [2.24, 2.45) is 0 Å². The Labute approximate surface area is 134 Å². The molecule has 2 aromatic carbocycles. The van der Waals surface area contributed by atoms with Crippen LogP contribution in [-0.2, 0) is 12.8 Å². The lowest BCUT2D eigenvalue weighted by Gasteiger charge is -2.17. The van der Waals surface area contributed by atoms with E-state index in [4.69, 9.17) is 34.8 Å². The van der Waals surface area contributed by atoms with Crippen molar-refractivity contribution in [1.82, 2.24) is 5.32 Å². The van der Waals surface area contributed by atoms with Gasteiger partial charge in [0.2, 0.25) is 0 Å². The van der Waals surface area contributed by atoms with Crippen molar-refractivity contribution in [3.8, 4) is 0 Å². The van der Waals surface area contributed by atoms with E-state index in [1.807, 2.05) is 43.4 Å². The molecule has 0 aliphatic rings. The number of likely N-dealkylation sites (N-methyl/N-ethyl adjacent to an activating group) is 1. The second-order valence-corrected chi connectivity index (χ2v) is 6.04. The van der Waals surface area contributed by atoms with Crippen LogP contribution in [0.2, 0.25) is 15.1 Å². The van der Waals surface area contributed by atoms with Gasteiger partial charge in [-0.1, -0.05) is 46.9 Å². The Hall–Kier alpha value is -0.730. The molecule has 0 heterocycles. The third-order valence-electron chi connectivity index (χ3n) is 3.28. The minimum absolute atomic E-state index is 0.298. The molecule has 2 aromatic rings. The summed E-state index contributed by atoms with van der Waals surface area (Å²) in [6, 6.07) is 13.8. The van der Waals surface area contributed by atoms with Crippen LogP contribution < -0.4 is 5.32 Å². The number of hydrogen-bond donors (Lipinski definition) is 1. The highest BCUT2D eigenvalue weighted by Crippen LogP contribution is 2.22. The van der Waals surface area contributed by atoms with Gasteiger partial charge in [0.1, 0.15) is 0 Å². The van der Waals surface area contributed by atoms with Crippen molar-refractivity contribution >= 4 is 34.8 Å². The summed E-state index contributed by atoms with van der Waals surface area (Å²) in [5.41, 5.74) is 2.30. The molecule has 0 saturated carbocycles. The molecule has 106 valence electrons. The number of halogens is 3. The minimum Gasteiger partial charge on any atom is -0.316 e. The molecule has 2 rings (SSSR count). The van der Waals surface area contributed by atoms with Gasteiger partial charge in [0.15, 0.2) is 0 Å². The largest absolute Gasteiger partial charge is 0.316 e. The van der Waals surface area contributed by atoms with Crippen LogP contribution in [0.1, 0.15) is 11.1 Å². The predicted octanol–water partition coefficient (Wildman–Crippen LogP) is 5.02. The number of nitrogens with one attached hydrogen (secondary N) is 1. The third-order valence-corrected chi connectivity index (χ3v) is 4.13. The number of hydrogen-bond acceptors (Lipinski definition) is 1. The van der Waals surface area contributed by atoms with Crippen LogP contribution >= 0.6 is 34.8 Å². The van der Waals surface area contributed by atoms with Gasteiger partial charge in [0.25, 0.3) is 0 Å². The van der Waals surface area contributed by atoms with E-state index < -0.39 is 0 Å². The highest BCUT2D eigenvalue weighted by atomic mass is 35.5. The minimum atomic E-state index is 0.298. The van der Waals surface area contributed by atoms with Crippen molar-refractivity contribution < 1.29 is 0 Å². The molecule has 0 bridgehead atoms.